The predicted molar refractivity (Wildman–Crippen MR) is 107 cm³/mol. The summed E-state index contributed by atoms with van der Waals surface area (Å²) in [6.07, 6.45) is 1.16. The minimum Gasteiger partial charge on any atom is -0.486 e. The van der Waals surface area contributed by atoms with Crippen molar-refractivity contribution in [3.05, 3.63) is 42.0 Å². The molecule has 3 heterocycles. The maximum atomic E-state index is 12.6. The molecule has 29 heavy (non-hydrogen) atoms. The first-order chi connectivity index (χ1) is 14.2. The molecule has 2 aliphatic heterocycles. The van der Waals surface area contributed by atoms with Gasteiger partial charge in [0.15, 0.2) is 17.1 Å². The van der Waals surface area contributed by atoms with Crippen molar-refractivity contribution in [1.29, 1.82) is 0 Å². The summed E-state index contributed by atoms with van der Waals surface area (Å²) in [5.74, 6) is 0.983. The average Bonchev–Trinajstić information content (AvgIpc) is 3.17. The van der Waals surface area contributed by atoms with Crippen LogP contribution < -0.4 is 19.7 Å². The molecule has 2 aliphatic rings. The van der Waals surface area contributed by atoms with Crippen molar-refractivity contribution in [2.75, 3.05) is 36.5 Å². The summed E-state index contributed by atoms with van der Waals surface area (Å²) >= 11 is 0. The third-order valence-corrected chi connectivity index (χ3v) is 5.17. The fourth-order valence-electron chi connectivity index (χ4n) is 3.57. The van der Waals surface area contributed by atoms with Crippen molar-refractivity contribution in [1.82, 2.24) is 4.98 Å². The van der Waals surface area contributed by atoms with Gasteiger partial charge in [-0.15, -0.1) is 0 Å². The van der Waals surface area contributed by atoms with Crippen molar-refractivity contribution >= 4 is 28.7 Å². The van der Waals surface area contributed by atoms with E-state index in [0.717, 1.165) is 0 Å². The molecule has 0 radical (unpaired) electrons. The topological polar surface area (TPSA) is 97.1 Å². The van der Waals surface area contributed by atoms with E-state index in [-0.39, 0.29) is 12.0 Å². The van der Waals surface area contributed by atoms with Gasteiger partial charge in [0, 0.05) is 24.3 Å². The molecule has 8 heteroatoms. The number of nitrogens with zero attached hydrogens (tertiary/aromatic N) is 2. The van der Waals surface area contributed by atoms with Crippen LogP contribution in [-0.2, 0) is 0 Å². The van der Waals surface area contributed by atoms with Gasteiger partial charge in [-0.2, -0.15) is 4.98 Å². The van der Waals surface area contributed by atoms with Gasteiger partial charge in [-0.05, 0) is 49.2 Å². The number of aromatic nitrogens is 1. The van der Waals surface area contributed by atoms with E-state index >= 15 is 0 Å². The number of rotatable bonds is 3. The second-order valence-electron chi connectivity index (χ2n) is 7.21. The quantitative estimate of drug-likeness (QED) is 0.704. The van der Waals surface area contributed by atoms with Crippen LogP contribution in [0.5, 0.6) is 11.5 Å². The van der Waals surface area contributed by atoms with Gasteiger partial charge in [0.1, 0.15) is 18.7 Å². The van der Waals surface area contributed by atoms with E-state index in [1.54, 1.807) is 36.4 Å². The van der Waals surface area contributed by atoms with Crippen molar-refractivity contribution in [2.45, 2.75) is 18.9 Å². The maximum absolute atomic E-state index is 12.6. The zero-order valence-corrected chi connectivity index (χ0v) is 15.8. The van der Waals surface area contributed by atoms with Crippen LogP contribution in [0.3, 0.4) is 0 Å². The molecule has 0 aliphatic carbocycles. The third-order valence-electron chi connectivity index (χ3n) is 5.17. The van der Waals surface area contributed by atoms with Gasteiger partial charge in [-0.3, -0.25) is 4.79 Å². The highest BCUT2D eigenvalue weighted by Gasteiger charge is 2.21. The maximum Gasteiger partial charge on any atom is 0.298 e. The number of carbonyl (C=O) groups excluding carboxylic acids is 1. The first kappa shape index (κ1) is 17.8. The number of amides is 1. The minimum atomic E-state index is -0.252. The number of oxazole rings is 1. The van der Waals surface area contributed by atoms with Crippen LogP contribution in [0.4, 0.5) is 11.7 Å². The molecule has 1 amide bonds. The lowest BCUT2D eigenvalue weighted by Gasteiger charge is -2.27. The van der Waals surface area contributed by atoms with Crippen LogP contribution in [0.1, 0.15) is 23.2 Å². The summed E-state index contributed by atoms with van der Waals surface area (Å²) in [7, 11) is 0. The Balaban J connectivity index is 1.33. The summed E-state index contributed by atoms with van der Waals surface area (Å²) in [6, 6.07) is 11.0. The molecule has 0 saturated carbocycles. The molecule has 1 saturated heterocycles. The molecule has 0 atom stereocenters. The van der Waals surface area contributed by atoms with Gasteiger partial charge < -0.3 is 29.2 Å². The van der Waals surface area contributed by atoms with Gasteiger partial charge >= 0.3 is 0 Å². The molecular weight excluding hydrogens is 374 g/mol. The zero-order valence-electron chi connectivity index (χ0n) is 15.8. The van der Waals surface area contributed by atoms with E-state index in [2.05, 4.69) is 10.3 Å². The van der Waals surface area contributed by atoms with E-state index in [1.807, 2.05) is 4.90 Å². The van der Waals surface area contributed by atoms with Gasteiger partial charge in [0.2, 0.25) is 0 Å². The number of piperidine rings is 1. The molecule has 0 spiro atoms. The van der Waals surface area contributed by atoms with Gasteiger partial charge in [0.05, 0.1) is 6.10 Å². The summed E-state index contributed by atoms with van der Waals surface area (Å²) < 4.78 is 16.9. The number of hydrogen-bond acceptors (Lipinski definition) is 7. The number of fused-ring (bicyclic) bond motifs is 2. The summed E-state index contributed by atoms with van der Waals surface area (Å²) in [4.78, 5) is 19.2. The van der Waals surface area contributed by atoms with E-state index in [1.165, 1.54) is 0 Å². The average molecular weight is 395 g/mol. The lowest BCUT2D eigenvalue weighted by Crippen LogP contribution is -2.35. The highest BCUT2D eigenvalue weighted by atomic mass is 16.6. The number of carbonyl (C=O) groups is 1. The Bertz CT molecular complexity index is 1060. The van der Waals surface area contributed by atoms with Crippen LogP contribution >= 0.6 is 0 Å². The van der Waals surface area contributed by atoms with Gasteiger partial charge in [-0.1, -0.05) is 0 Å². The van der Waals surface area contributed by atoms with Gasteiger partial charge in [-0.25, -0.2) is 0 Å². The van der Waals surface area contributed by atoms with Crippen molar-refractivity contribution < 1.29 is 23.8 Å². The molecule has 8 nitrogen and oxygen atoms in total. The number of anilines is 2. The Morgan fingerprint density at radius 2 is 1.86 bits per heavy atom. The largest absolute Gasteiger partial charge is 0.486 e. The second-order valence-corrected chi connectivity index (χ2v) is 7.21. The second kappa shape index (κ2) is 7.29. The minimum absolute atomic E-state index is 0.241. The van der Waals surface area contributed by atoms with E-state index in [4.69, 9.17) is 13.9 Å². The van der Waals surface area contributed by atoms with Crippen molar-refractivity contribution in [2.24, 2.45) is 0 Å². The van der Waals surface area contributed by atoms with Crippen molar-refractivity contribution in [3.8, 4) is 11.5 Å². The van der Waals surface area contributed by atoms with E-state index in [9.17, 15) is 9.90 Å². The van der Waals surface area contributed by atoms with Crippen LogP contribution in [0, 0.1) is 0 Å². The Hall–Kier alpha value is -3.26. The first-order valence-electron chi connectivity index (χ1n) is 9.70. The molecule has 0 unspecified atom stereocenters. The van der Waals surface area contributed by atoms with Crippen LogP contribution in [0.2, 0.25) is 0 Å². The summed E-state index contributed by atoms with van der Waals surface area (Å²) in [6.45, 7) is 2.40. The Morgan fingerprint density at radius 3 is 2.69 bits per heavy atom. The van der Waals surface area contributed by atoms with E-state index in [0.29, 0.717) is 79.0 Å². The molecular formula is C21H21N3O5. The number of hydrogen-bond donors (Lipinski definition) is 2. The molecule has 150 valence electrons. The number of ether oxygens (including phenoxy) is 2. The van der Waals surface area contributed by atoms with Crippen LogP contribution in [0.25, 0.3) is 11.1 Å². The number of aliphatic hydroxyl groups is 1. The monoisotopic (exact) mass is 395 g/mol. The standard InChI is InChI=1S/C21H21N3O5/c25-15-5-7-24(8-6-15)21-23-16-12-14(2-4-17(16)29-21)22-20(26)13-1-3-18-19(11-13)28-10-9-27-18/h1-4,11-12,15,25H,5-10H2,(H,22,26). The van der Waals surface area contributed by atoms with Crippen LogP contribution in [0.15, 0.2) is 40.8 Å². The van der Waals surface area contributed by atoms with Crippen LogP contribution in [-0.4, -0.2) is 48.4 Å². The van der Waals surface area contributed by atoms with Crippen molar-refractivity contribution in [3.63, 3.8) is 0 Å². The molecule has 3 aromatic rings. The summed E-state index contributed by atoms with van der Waals surface area (Å²) in [5, 5.41) is 12.5. The molecule has 2 N–H and O–H groups in total. The lowest BCUT2D eigenvalue weighted by atomic mass is 10.1. The predicted octanol–water partition coefficient (Wildman–Crippen LogP) is 2.81. The zero-order chi connectivity index (χ0) is 19.8. The Labute approximate surface area is 167 Å². The fourth-order valence-corrected chi connectivity index (χ4v) is 3.57. The number of benzene rings is 2. The molecule has 0 bridgehead atoms. The number of aliphatic hydroxyl groups excluding tert-OH is 1. The molecule has 2 aromatic carbocycles. The molecule has 5 rings (SSSR count). The summed E-state index contributed by atoms with van der Waals surface area (Å²) in [5.41, 5.74) is 2.45. The smallest absolute Gasteiger partial charge is 0.298 e. The van der Waals surface area contributed by atoms with Gasteiger partial charge in [0.25, 0.3) is 11.9 Å². The normalized spacial score (nSPS) is 16.8. The van der Waals surface area contributed by atoms with E-state index < -0.39 is 0 Å². The molecule has 1 aromatic heterocycles. The molecule has 1 fully saturated rings. The highest BCUT2D eigenvalue weighted by Crippen LogP contribution is 2.31. The Morgan fingerprint density at radius 1 is 1.07 bits per heavy atom. The first-order valence-corrected chi connectivity index (χ1v) is 9.70. The highest BCUT2D eigenvalue weighted by molar-refractivity contribution is 6.05. The lowest BCUT2D eigenvalue weighted by molar-refractivity contribution is 0.102. The third kappa shape index (κ3) is 3.58. The number of nitrogens with one attached hydrogen (secondary N) is 1. The fraction of sp³-hybridized carbons (Fsp3) is 0.333. The SMILES string of the molecule is O=C(Nc1ccc2oc(N3CCC(O)CC3)nc2c1)c1ccc2c(c1)OCCO2. The Kier molecular flexibility index (Phi) is 4.48.